The second-order valence-electron chi connectivity index (χ2n) is 8.04. The van der Waals surface area contributed by atoms with Gasteiger partial charge in [0.15, 0.2) is 9.84 Å². The number of anilines is 1. The Kier molecular flexibility index (Phi) is 8.15. The monoisotopic (exact) mass is 434 g/mol. The molecule has 0 aromatic heterocycles. The molecule has 0 unspecified atom stereocenters. The van der Waals surface area contributed by atoms with E-state index in [4.69, 9.17) is 0 Å². The third kappa shape index (κ3) is 6.37. The van der Waals surface area contributed by atoms with E-state index in [1.165, 1.54) is 11.6 Å². The van der Waals surface area contributed by atoms with Crippen LogP contribution in [0.15, 0.2) is 47.4 Å². The first-order valence-electron chi connectivity index (χ1n) is 10.2. The summed E-state index contributed by atoms with van der Waals surface area (Å²) in [6.45, 7) is 8.44. The Balaban J connectivity index is 2.07. The van der Waals surface area contributed by atoms with Crippen LogP contribution >= 0.6 is 0 Å². The van der Waals surface area contributed by atoms with Crippen LogP contribution in [0.4, 0.5) is 10.1 Å². The van der Waals surface area contributed by atoms with Gasteiger partial charge in [-0.15, -0.1) is 0 Å². The standard InChI is InChI=1S/C23H31FN2O3S/c1-6-16(4)17-7-9-18(10-8-17)23(15(2)3)25-14-22(27)26-21-13-19(30(5,28)29)11-12-20(21)24/h7-13,15-16,23,25H,6,14H2,1-5H3,(H,26,27)/t16-,23+/m1/s1. The number of benzene rings is 2. The molecular formula is C23H31FN2O3S. The van der Waals surface area contributed by atoms with E-state index in [-0.39, 0.29) is 29.1 Å². The van der Waals surface area contributed by atoms with E-state index in [0.29, 0.717) is 5.92 Å². The molecule has 0 fully saturated rings. The summed E-state index contributed by atoms with van der Waals surface area (Å²) in [5, 5.41) is 5.69. The third-order valence-electron chi connectivity index (χ3n) is 5.27. The Bertz CT molecular complexity index is 972. The first-order valence-corrected chi connectivity index (χ1v) is 12.0. The van der Waals surface area contributed by atoms with Crippen LogP contribution in [0.25, 0.3) is 0 Å². The zero-order valence-electron chi connectivity index (χ0n) is 18.2. The van der Waals surface area contributed by atoms with E-state index < -0.39 is 21.6 Å². The van der Waals surface area contributed by atoms with Gasteiger partial charge in [-0.1, -0.05) is 52.0 Å². The summed E-state index contributed by atoms with van der Waals surface area (Å²) in [7, 11) is -3.50. The lowest BCUT2D eigenvalue weighted by Crippen LogP contribution is -2.33. The molecule has 0 aliphatic heterocycles. The summed E-state index contributed by atoms with van der Waals surface area (Å²) in [6, 6.07) is 11.7. The molecule has 7 heteroatoms. The second-order valence-corrected chi connectivity index (χ2v) is 10.1. The third-order valence-corrected chi connectivity index (χ3v) is 6.38. The summed E-state index contributed by atoms with van der Waals surface area (Å²) in [5.41, 5.74) is 2.21. The summed E-state index contributed by atoms with van der Waals surface area (Å²) < 4.78 is 37.3. The van der Waals surface area contributed by atoms with Gasteiger partial charge in [-0.05, 0) is 47.6 Å². The Morgan fingerprint density at radius 1 is 1.03 bits per heavy atom. The van der Waals surface area contributed by atoms with Crippen molar-refractivity contribution in [3.8, 4) is 0 Å². The van der Waals surface area contributed by atoms with Crippen molar-refractivity contribution in [3.05, 3.63) is 59.4 Å². The van der Waals surface area contributed by atoms with Crippen LogP contribution in [-0.4, -0.2) is 27.1 Å². The Morgan fingerprint density at radius 2 is 1.63 bits per heavy atom. The fourth-order valence-corrected chi connectivity index (χ4v) is 3.88. The molecule has 0 spiro atoms. The molecule has 0 saturated heterocycles. The number of halogens is 1. The van der Waals surface area contributed by atoms with Crippen LogP contribution in [0, 0.1) is 11.7 Å². The molecule has 2 rings (SSSR count). The average Bonchev–Trinajstić information content (AvgIpc) is 2.68. The molecule has 2 atom stereocenters. The Morgan fingerprint density at radius 3 is 2.17 bits per heavy atom. The highest BCUT2D eigenvalue weighted by Crippen LogP contribution is 2.25. The largest absolute Gasteiger partial charge is 0.322 e. The number of sulfone groups is 1. The fraction of sp³-hybridized carbons (Fsp3) is 0.435. The van der Waals surface area contributed by atoms with Gasteiger partial charge < -0.3 is 10.6 Å². The Labute approximate surface area is 179 Å². The van der Waals surface area contributed by atoms with E-state index in [2.05, 4.69) is 62.6 Å². The van der Waals surface area contributed by atoms with Crippen LogP contribution in [-0.2, 0) is 14.6 Å². The minimum atomic E-state index is -3.50. The van der Waals surface area contributed by atoms with Crippen LogP contribution in [0.2, 0.25) is 0 Å². The molecule has 0 aliphatic rings. The predicted molar refractivity (Wildman–Crippen MR) is 119 cm³/mol. The molecular weight excluding hydrogens is 403 g/mol. The number of carbonyl (C=O) groups is 1. The zero-order valence-corrected chi connectivity index (χ0v) is 19.0. The molecule has 30 heavy (non-hydrogen) atoms. The minimum Gasteiger partial charge on any atom is -0.322 e. The molecule has 0 heterocycles. The van der Waals surface area contributed by atoms with Crippen molar-refractivity contribution >= 4 is 21.4 Å². The SMILES string of the molecule is CC[C@@H](C)c1ccc([C@@H](NCC(=O)Nc2cc(S(C)(=O)=O)ccc2F)C(C)C)cc1. The quantitative estimate of drug-likeness (QED) is 0.563. The number of nitrogens with one attached hydrogen (secondary N) is 2. The molecule has 0 radical (unpaired) electrons. The van der Waals surface area contributed by atoms with Crippen molar-refractivity contribution in [2.75, 3.05) is 18.1 Å². The van der Waals surface area contributed by atoms with E-state index in [0.717, 1.165) is 30.4 Å². The highest BCUT2D eigenvalue weighted by Gasteiger charge is 2.18. The number of rotatable bonds is 9. The van der Waals surface area contributed by atoms with Crippen molar-refractivity contribution in [2.24, 2.45) is 5.92 Å². The smallest absolute Gasteiger partial charge is 0.238 e. The van der Waals surface area contributed by atoms with Gasteiger partial charge in [0.25, 0.3) is 0 Å². The Hall–Kier alpha value is -2.25. The lowest BCUT2D eigenvalue weighted by Gasteiger charge is -2.23. The zero-order chi connectivity index (χ0) is 22.5. The van der Waals surface area contributed by atoms with Gasteiger partial charge in [0, 0.05) is 12.3 Å². The highest BCUT2D eigenvalue weighted by atomic mass is 32.2. The maximum absolute atomic E-state index is 14.0. The number of carbonyl (C=O) groups excluding carboxylic acids is 1. The number of amides is 1. The summed E-state index contributed by atoms with van der Waals surface area (Å²) in [4.78, 5) is 12.3. The van der Waals surface area contributed by atoms with Gasteiger partial charge in [0.2, 0.25) is 5.91 Å². The fourth-order valence-electron chi connectivity index (χ4n) is 3.23. The van der Waals surface area contributed by atoms with Gasteiger partial charge in [-0.25, -0.2) is 12.8 Å². The normalized spacial score (nSPS) is 13.8. The first kappa shape index (κ1) is 24.0. The number of hydrogen-bond donors (Lipinski definition) is 2. The van der Waals surface area contributed by atoms with E-state index >= 15 is 0 Å². The maximum atomic E-state index is 14.0. The molecule has 0 aliphatic carbocycles. The summed E-state index contributed by atoms with van der Waals surface area (Å²) >= 11 is 0. The van der Waals surface area contributed by atoms with Gasteiger partial charge in [0.1, 0.15) is 5.82 Å². The van der Waals surface area contributed by atoms with Gasteiger partial charge >= 0.3 is 0 Å². The molecule has 2 aromatic rings. The molecule has 2 N–H and O–H groups in total. The van der Waals surface area contributed by atoms with E-state index in [1.807, 2.05) is 0 Å². The van der Waals surface area contributed by atoms with Crippen LogP contribution in [0.3, 0.4) is 0 Å². The van der Waals surface area contributed by atoms with Gasteiger partial charge in [-0.2, -0.15) is 0 Å². The lowest BCUT2D eigenvalue weighted by atomic mass is 9.92. The summed E-state index contributed by atoms with van der Waals surface area (Å²) in [6.07, 6.45) is 2.11. The van der Waals surface area contributed by atoms with Crippen molar-refractivity contribution in [1.29, 1.82) is 0 Å². The van der Waals surface area contributed by atoms with Crippen molar-refractivity contribution in [1.82, 2.24) is 5.32 Å². The molecule has 0 saturated carbocycles. The van der Waals surface area contributed by atoms with Crippen molar-refractivity contribution in [2.45, 2.75) is 51.0 Å². The van der Waals surface area contributed by atoms with Gasteiger partial charge in [-0.3, -0.25) is 4.79 Å². The molecule has 164 valence electrons. The van der Waals surface area contributed by atoms with Crippen LogP contribution in [0.5, 0.6) is 0 Å². The van der Waals surface area contributed by atoms with Crippen LogP contribution in [0.1, 0.15) is 57.2 Å². The molecule has 0 bridgehead atoms. The van der Waals surface area contributed by atoms with E-state index in [1.54, 1.807) is 0 Å². The van der Waals surface area contributed by atoms with Crippen molar-refractivity contribution in [3.63, 3.8) is 0 Å². The minimum absolute atomic E-state index is 0.0293. The maximum Gasteiger partial charge on any atom is 0.238 e. The van der Waals surface area contributed by atoms with E-state index in [9.17, 15) is 17.6 Å². The topological polar surface area (TPSA) is 75.3 Å². The predicted octanol–water partition coefficient (Wildman–Crippen LogP) is 4.67. The first-order chi connectivity index (χ1) is 14.0. The molecule has 1 amide bonds. The average molecular weight is 435 g/mol. The van der Waals surface area contributed by atoms with Crippen molar-refractivity contribution < 1.29 is 17.6 Å². The molecule has 5 nitrogen and oxygen atoms in total. The van der Waals surface area contributed by atoms with Crippen LogP contribution < -0.4 is 10.6 Å². The highest BCUT2D eigenvalue weighted by molar-refractivity contribution is 7.90. The molecule has 2 aromatic carbocycles. The van der Waals surface area contributed by atoms with Gasteiger partial charge in [0.05, 0.1) is 17.1 Å². The number of hydrogen-bond acceptors (Lipinski definition) is 4. The second kappa shape index (κ2) is 10.2. The lowest BCUT2D eigenvalue weighted by molar-refractivity contribution is -0.115. The summed E-state index contributed by atoms with van der Waals surface area (Å²) in [5.74, 6) is -0.399.